The average Bonchev–Trinajstić information content (AvgIpc) is 2.82. The second-order valence-electron chi connectivity index (χ2n) is 4.31. The molecular formula is C15H17N3O. The van der Waals surface area contributed by atoms with Crippen molar-refractivity contribution >= 4 is 16.8 Å². The van der Waals surface area contributed by atoms with E-state index < -0.39 is 6.04 Å². The Balaban J connectivity index is 2.03. The molecule has 2 aromatic rings. The third-order valence-electron chi connectivity index (χ3n) is 2.98. The third-order valence-corrected chi connectivity index (χ3v) is 2.98. The summed E-state index contributed by atoms with van der Waals surface area (Å²) in [5.74, 6) is 5.33. The molecule has 1 amide bonds. The van der Waals surface area contributed by atoms with E-state index in [2.05, 4.69) is 22.1 Å². The maximum Gasteiger partial charge on any atom is 0.238 e. The lowest BCUT2D eigenvalue weighted by molar-refractivity contribution is -0.122. The van der Waals surface area contributed by atoms with E-state index in [4.69, 9.17) is 5.73 Å². The minimum absolute atomic E-state index is 0.173. The molecule has 19 heavy (non-hydrogen) atoms. The van der Waals surface area contributed by atoms with E-state index in [-0.39, 0.29) is 5.91 Å². The molecule has 98 valence electrons. The molecule has 4 nitrogen and oxygen atoms in total. The topological polar surface area (TPSA) is 70.9 Å². The van der Waals surface area contributed by atoms with Crippen LogP contribution in [0.4, 0.5) is 0 Å². The van der Waals surface area contributed by atoms with Gasteiger partial charge in [0.2, 0.25) is 5.91 Å². The first-order valence-corrected chi connectivity index (χ1v) is 6.20. The molecule has 1 unspecified atom stereocenters. The molecule has 0 aliphatic carbocycles. The van der Waals surface area contributed by atoms with Crippen LogP contribution in [0.2, 0.25) is 0 Å². The zero-order chi connectivity index (χ0) is 13.7. The van der Waals surface area contributed by atoms with Crippen molar-refractivity contribution in [3.8, 4) is 11.8 Å². The summed E-state index contributed by atoms with van der Waals surface area (Å²) in [6, 6.07) is 7.41. The Bertz CT molecular complexity index is 633. The lowest BCUT2D eigenvalue weighted by atomic mass is 10.1. The molecule has 0 bridgehead atoms. The molecule has 0 aliphatic heterocycles. The minimum atomic E-state index is -0.558. The van der Waals surface area contributed by atoms with Crippen LogP contribution in [-0.4, -0.2) is 23.5 Å². The van der Waals surface area contributed by atoms with Gasteiger partial charge in [-0.2, -0.15) is 0 Å². The smallest absolute Gasteiger partial charge is 0.238 e. The van der Waals surface area contributed by atoms with Gasteiger partial charge in [0.05, 0.1) is 12.6 Å². The molecule has 2 rings (SSSR count). The van der Waals surface area contributed by atoms with Crippen molar-refractivity contribution in [1.82, 2.24) is 10.3 Å². The molecule has 0 fully saturated rings. The van der Waals surface area contributed by atoms with Crippen LogP contribution in [0.5, 0.6) is 0 Å². The molecule has 1 aromatic heterocycles. The quantitative estimate of drug-likeness (QED) is 0.718. The Hall–Kier alpha value is -2.25. The van der Waals surface area contributed by atoms with Crippen molar-refractivity contribution in [3.05, 3.63) is 36.0 Å². The van der Waals surface area contributed by atoms with Gasteiger partial charge in [-0.3, -0.25) is 4.79 Å². The normalized spacial score (nSPS) is 11.7. The van der Waals surface area contributed by atoms with Crippen LogP contribution >= 0.6 is 0 Å². The number of rotatable bonds is 4. The van der Waals surface area contributed by atoms with E-state index in [0.29, 0.717) is 13.0 Å². The monoisotopic (exact) mass is 255 g/mol. The van der Waals surface area contributed by atoms with Gasteiger partial charge >= 0.3 is 0 Å². The Labute approximate surface area is 112 Å². The lowest BCUT2D eigenvalue weighted by Crippen LogP contribution is -2.42. The number of hydrogen-bond acceptors (Lipinski definition) is 2. The fourth-order valence-corrected chi connectivity index (χ4v) is 1.98. The molecule has 1 aromatic carbocycles. The molecule has 0 saturated heterocycles. The van der Waals surface area contributed by atoms with Crippen LogP contribution in [0.25, 0.3) is 10.9 Å². The second kappa shape index (κ2) is 6.07. The highest BCUT2D eigenvalue weighted by atomic mass is 16.2. The number of nitrogens with one attached hydrogen (secondary N) is 2. The van der Waals surface area contributed by atoms with Gasteiger partial charge in [0, 0.05) is 17.1 Å². The van der Waals surface area contributed by atoms with Crippen LogP contribution in [-0.2, 0) is 11.2 Å². The largest absolute Gasteiger partial charge is 0.361 e. The average molecular weight is 255 g/mol. The number of hydrogen-bond donors (Lipinski definition) is 3. The zero-order valence-electron chi connectivity index (χ0n) is 10.9. The number of carbonyl (C=O) groups is 1. The summed E-state index contributed by atoms with van der Waals surface area (Å²) in [5.41, 5.74) is 8.02. The summed E-state index contributed by atoms with van der Waals surface area (Å²) in [4.78, 5) is 14.9. The predicted molar refractivity (Wildman–Crippen MR) is 76.4 cm³/mol. The summed E-state index contributed by atoms with van der Waals surface area (Å²) >= 11 is 0. The van der Waals surface area contributed by atoms with Gasteiger partial charge in [0.1, 0.15) is 0 Å². The highest BCUT2D eigenvalue weighted by Crippen LogP contribution is 2.18. The summed E-state index contributed by atoms with van der Waals surface area (Å²) in [6.45, 7) is 2.08. The molecule has 0 saturated carbocycles. The number of nitrogens with two attached hydrogens (primary N) is 1. The SMILES string of the molecule is CC#CCNC(=O)C(N)Cc1c[nH]c2ccccc12. The first-order valence-electron chi connectivity index (χ1n) is 6.20. The fourth-order valence-electron chi connectivity index (χ4n) is 1.98. The maximum absolute atomic E-state index is 11.8. The number of aromatic nitrogens is 1. The summed E-state index contributed by atoms with van der Waals surface area (Å²) in [7, 11) is 0. The fraction of sp³-hybridized carbons (Fsp3) is 0.267. The summed E-state index contributed by atoms with van der Waals surface area (Å²) in [6.07, 6.45) is 2.42. The van der Waals surface area contributed by atoms with E-state index >= 15 is 0 Å². The van der Waals surface area contributed by atoms with Gasteiger partial charge in [-0.1, -0.05) is 24.1 Å². The van der Waals surface area contributed by atoms with Crippen molar-refractivity contribution in [2.45, 2.75) is 19.4 Å². The van der Waals surface area contributed by atoms with Crippen molar-refractivity contribution in [3.63, 3.8) is 0 Å². The highest BCUT2D eigenvalue weighted by Gasteiger charge is 2.15. The van der Waals surface area contributed by atoms with Crippen LogP contribution in [0.3, 0.4) is 0 Å². The Morgan fingerprint density at radius 2 is 2.26 bits per heavy atom. The number of benzene rings is 1. The Morgan fingerprint density at radius 1 is 1.47 bits per heavy atom. The number of amides is 1. The highest BCUT2D eigenvalue weighted by molar-refractivity contribution is 5.86. The van der Waals surface area contributed by atoms with Gasteiger partial charge in [0.25, 0.3) is 0 Å². The molecule has 4 heteroatoms. The number of H-pyrrole nitrogens is 1. The van der Waals surface area contributed by atoms with Gasteiger partial charge < -0.3 is 16.0 Å². The number of aromatic amines is 1. The third kappa shape index (κ3) is 3.15. The summed E-state index contributed by atoms with van der Waals surface area (Å²) in [5, 5.41) is 3.81. The van der Waals surface area contributed by atoms with Gasteiger partial charge in [-0.25, -0.2) is 0 Å². The lowest BCUT2D eigenvalue weighted by Gasteiger charge is -2.10. The number of para-hydroxylation sites is 1. The van der Waals surface area contributed by atoms with Crippen LogP contribution in [0, 0.1) is 11.8 Å². The molecule has 0 radical (unpaired) electrons. The van der Waals surface area contributed by atoms with E-state index in [1.54, 1.807) is 6.92 Å². The Kier molecular flexibility index (Phi) is 4.22. The molecule has 1 atom stereocenters. The number of carbonyl (C=O) groups excluding carboxylic acids is 1. The standard InChI is InChI=1S/C15H17N3O/c1-2-3-8-17-15(19)13(16)9-11-10-18-14-7-5-4-6-12(11)14/h4-7,10,13,18H,8-9,16H2,1H3,(H,17,19). The second-order valence-corrected chi connectivity index (χ2v) is 4.31. The van der Waals surface area contributed by atoms with E-state index in [1.165, 1.54) is 0 Å². The van der Waals surface area contributed by atoms with Crippen LogP contribution in [0.15, 0.2) is 30.5 Å². The van der Waals surface area contributed by atoms with Gasteiger partial charge in [0.15, 0.2) is 0 Å². The van der Waals surface area contributed by atoms with Gasteiger partial charge in [-0.15, -0.1) is 5.92 Å². The van der Waals surface area contributed by atoms with Crippen molar-refractivity contribution in [2.75, 3.05) is 6.54 Å². The predicted octanol–water partition coefficient (Wildman–Crippen LogP) is 1.18. The van der Waals surface area contributed by atoms with E-state index in [1.807, 2.05) is 30.5 Å². The van der Waals surface area contributed by atoms with E-state index in [9.17, 15) is 4.79 Å². The molecule has 1 heterocycles. The van der Waals surface area contributed by atoms with Crippen LogP contribution in [0.1, 0.15) is 12.5 Å². The van der Waals surface area contributed by atoms with E-state index in [0.717, 1.165) is 16.5 Å². The molecule has 0 spiro atoms. The molecule has 4 N–H and O–H groups in total. The first kappa shape index (κ1) is 13.2. The molecule has 0 aliphatic rings. The first-order chi connectivity index (χ1) is 9.22. The Morgan fingerprint density at radius 3 is 3.05 bits per heavy atom. The minimum Gasteiger partial charge on any atom is -0.361 e. The zero-order valence-corrected chi connectivity index (χ0v) is 10.9. The number of fused-ring (bicyclic) bond motifs is 1. The van der Waals surface area contributed by atoms with Crippen molar-refractivity contribution in [2.24, 2.45) is 5.73 Å². The summed E-state index contributed by atoms with van der Waals surface area (Å²) < 4.78 is 0. The maximum atomic E-state index is 11.8. The molecular weight excluding hydrogens is 238 g/mol. The van der Waals surface area contributed by atoms with Crippen molar-refractivity contribution in [1.29, 1.82) is 0 Å². The van der Waals surface area contributed by atoms with Crippen molar-refractivity contribution < 1.29 is 4.79 Å². The van der Waals surface area contributed by atoms with Gasteiger partial charge in [-0.05, 0) is 25.0 Å². The van der Waals surface area contributed by atoms with Crippen LogP contribution < -0.4 is 11.1 Å².